The van der Waals surface area contributed by atoms with Gasteiger partial charge in [0, 0.05) is 62.9 Å². The van der Waals surface area contributed by atoms with Crippen LogP contribution in [0.1, 0.15) is 98.4 Å². The van der Waals surface area contributed by atoms with E-state index in [4.69, 9.17) is 34.3 Å². The number of rotatable bonds is 27. The number of nitrogens with zero attached hydrogens (tertiary/aromatic N) is 6. The summed E-state index contributed by atoms with van der Waals surface area (Å²) in [5.74, 6) is -7.68. The smallest absolute Gasteiger partial charge is 0.351 e. The fourth-order valence-corrected chi connectivity index (χ4v) is 7.96. The van der Waals surface area contributed by atoms with Crippen molar-refractivity contribution in [1.29, 1.82) is 0 Å². The fraction of sp³-hybridized carbons (Fsp3) is 0.738. The summed E-state index contributed by atoms with van der Waals surface area (Å²) in [6.07, 6.45) is 4.54. The van der Waals surface area contributed by atoms with Gasteiger partial charge in [-0.1, -0.05) is 44.2 Å². The van der Waals surface area contributed by atoms with E-state index in [9.17, 15) is 19.2 Å². The number of ether oxygens (including phenoxy) is 5. The van der Waals surface area contributed by atoms with E-state index in [0.717, 1.165) is 13.3 Å². The molecule has 0 bridgehead atoms. The summed E-state index contributed by atoms with van der Waals surface area (Å²) in [4.78, 5) is 70.6. The lowest BCUT2D eigenvalue weighted by atomic mass is 9.73. The van der Waals surface area contributed by atoms with Gasteiger partial charge in [0.2, 0.25) is 0 Å². The van der Waals surface area contributed by atoms with Crippen LogP contribution in [0.25, 0.3) is 10.8 Å². The number of alkyl halides is 1. The molecule has 19 heteroatoms. The molecule has 2 N–H and O–H groups in total. The van der Waals surface area contributed by atoms with Crippen LogP contribution in [0.15, 0.2) is 23.6 Å². The molecule has 1 saturated heterocycles. The van der Waals surface area contributed by atoms with Crippen molar-refractivity contribution in [2.45, 2.75) is 130 Å². The maximum absolute atomic E-state index is 16.2. The number of amidine groups is 1. The van der Waals surface area contributed by atoms with Gasteiger partial charge >= 0.3 is 11.9 Å². The Hall–Kier alpha value is -4.04. The molecule has 0 aromatic carbocycles. The van der Waals surface area contributed by atoms with E-state index in [1.165, 1.54) is 18.4 Å². The zero-order valence-electron chi connectivity index (χ0n) is 37.3. The molecule has 10 atom stereocenters. The number of Topliss-reactive ketones (excluding diaryl/α,β-unsaturated/α-hetero) is 2. The molecule has 61 heavy (non-hydrogen) atoms. The molecule has 1 fully saturated rings. The Morgan fingerprint density at radius 3 is 2.41 bits per heavy atom. The van der Waals surface area contributed by atoms with Crippen LogP contribution in [0, 0.1) is 29.6 Å². The number of ketones is 2. The quantitative estimate of drug-likeness (QED) is 0.0299. The van der Waals surface area contributed by atoms with E-state index in [0.29, 0.717) is 54.4 Å². The van der Waals surface area contributed by atoms with Crippen LogP contribution in [0.2, 0.25) is 0 Å². The second-order valence-electron chi connectivity index (χ2n) is 16.0. The molecule has 0 spiro atoms. The molecule has 3 heterocycles. The molecule has 0 saturated carbocycles. The van der Waals surface area contributed by atoms with Crippen LogP contribution in [-0.2, 0) is 54.3 Å². The number of halogens is 1. The molecule has 1 aliphatic rings. The minimum absolute atomic E-state index is 0.0127. The average molecular weight is 880 g/mol. The van der Waals surface area contributed by atoms with E-state index in [-0.39, 0.29) is 56.5 Å². The molecule has 3 rings (SSSR count). The zero-order chi connectivity index (χ0) is 45.3. The van der Waals surface area contributed by atoms with E-state index in [2.05, 4.69) is 30.2 Å². The Balaban J connectivity index is 1.77. The molecule has 0 aliphatic carbocycles. The minimum Gasteiger partial charge on any atom is -0.465 e. The number of hydrogen-bond donors (Lipinski definition) is 1. The van der Waals surface area contributed by atoms with Crippen molar-refractivity contribution in [1.82, 2.24) is 25.1 Å². The van der Waals surface area contributed by atoms with Gasteiger partial charge in [-0.2, -0.15) is 0 Å². The fourth-order valence-electron chi connectivity index (χ4n) is 7.27. The van der Waals surface area contributed by atoms with E-state index >= 15 is 4.39 Å². The van der Waals surface area contributed by atoms with E-state index in [1.54, 1.807) is 53.1 Å². The monoisotopic (exact) mass is 879 g/mol. The highest BCUT2D eigenvalue weighted by atomic mass is 32.1. The van der Waals surface area contributed by atoms with Crippen LogP contribution in [0.3, 0.4) is 0 Å². The number of carbonyl (C=O) groups is 4. The van der Waals surface area contributed by atoms with Crippen molar-refractivity contribution in [3.8, 4) is 10.8 Å². The van der Waals surface area contributed by atoms with Crippen molar-refractivity contribution in [2.75, 3.05) is 41.0 Å². The highest BCUT2D eigenvalue weighted by molar-refractivity contribution is 7.14. The Kier molecular flexibility index (Phi) is 21.2. The summed E-state index contributed by atoms with van der Waals surface area (Å²) in [5.41, 5.74) is 3.51. The second-order valence-corrected chi connectivity index (χ2v) is 17.1. The van der Waals surface area contributed by atoms with Gasteiger partial charge in [0.15, 0.2) is 40.4 Å². The molecular formula is C42H66FN7O10S. The first-order valence-corrected chi connectivity index (χ1v) is 21.9. The Morgan fingerprint density at radius 2 is 1.77 bits per heavy atom. The number of nitrogens with two attached hydrogens (primary N) is 1. The third-order valence-corrected chi connectivity index (χ3v) is 11.9. The number of hydrogen-bond acceptors (Lipinski definition) is 17. The number of esters is 2. The van der Waals surface area contributed by atoms with Crippen molar-refractivity contribution in [3.05, 3.63) is 23.5 Å². The summed E-state index contributed by atoms with van der Waals surface area (Å²) < 4.78 is 44.5. The number of oxime groups is 1. The summed E-state index contributed by atoms with van der Waals surface area (Å²) in [6.45, 7) is 11.6. The largest absolute Gasteiger partial charge is 0.465 e. The molecule has 1 unspecified atom stereocenters. The summed E-state index contributed by atoms with van der Waals surface area (Å²) >= 11 is 1.18. The summed E-state index contributed by atoms with van der Waals surface area (Å²) in [6, 6.07) is 2.00. The van der Waals surface area contributed by atoms with Crippen LogP contribution in [0.5, 0.6) is 0 Å². The third-order valence-electron chi connectivity index (χ3n) is 11.0. The molecule has 1 aliphatic heterocycles. The molecule has 2 aromatic rings. The Labute approximate surface area is 363 Å². The number of aromatic nitrogens is 4. The summed E-state index contributed by atoms with van der Waals surface area (Å²) in [5, 5.41) is 13.1. The molecule has 0 amide bonds. The maximum atomic E-state index is 16.2. The SMILES string of the molecule is CCOC(=O)[C@@H](/C(N)=N/OCc1nnc(-c2ncccn2)s1)[C@@H](C[C@H](CC)OC(=O)[C@@](C)(F)C(=O)[C@H](C)CCCOC1C[C@@H](N(C)C)C[C@@H](C)O1)[C@@H](C)C(=O)[C@H](C)CCOC. The molecule has 17 nitrogen and oxygen atoms in total. The van der Waals surface area contributed by atoms with Crippen molar-refractivity contribution >= 4 is 40.7 Å². The highest BCUT2D eigenvalue weighted by Crippen LogP contribution is 2.34. The lowest BCUT2D eigenvalue weighted by Crippen LogP contribution is -2.47. The lowest BCUT2D eigenvalue weighted by Gasteiger charge is -2.36. The molecular weight excluding hydrogens is 814 g/mol. The number of carbonyl (C=O) groups excluding carboxylic acids is 4. The highest BCUT2D eigenvalue weighted by Gasteiger charge is 2.47. The first-order chi connectivity index (χ1) is 28.9. The average Bonchev–Trinajstić information content (AvgIpc) is 3.71. The van der Waals surface area contributed by atoms with Gasteiger partial charge in [-0.15, -0.1) is 10.2 Å². The van der Waals surface area contributed by atoms with Crippen molar-refractivity contribution < 1.29 is 52.1 Å². The predicted octanol–water partition coefficient (Wildman–Crippen LogP) is 5.35. The van der Waals surface area contributed by atoms with Gasteiger partial charge in [0.25, 0.3) is 5.67 Å². The Morgan fingerprint density at radius 1 is 1.07 bits per heavy atom. The van der Waals surface area contributed by atoms with Crippen LogP contribution >= 0.6 is 11.3 Å². The van der Waals surface area contributed by atoms with Crippen LogP contribution in [-0.4, -0.2) is 126 Å². The zero-order valence-corrected chi connectivity index (χ0v) is 38.2. The second kappa shape index (κ2) is 25.2. The first kappa shape index (κ1) is 51.3. The number of methoxy groups -OCH3 is 1. The molecule has 2 aromatic heterocycles. The van der Waals surface area contributed by atoms with Gasteiger partial charge in [0.1, 0.15) is 17.8 Å². The van der Waals surface area contributed by atoms with E-state index < -0.39 is 59.1 Å². The third kappa shape index (κ3) is 15.4. The Bertz CT molecular complexity index is 1720. The van der Waals surface area contributed by atoms with Gasteiger partial charge in [-0.05, 0) is 85.4 Å². The summed E-state index contributed by atoms with van der Waals surface area (Å²) in [7, 11) is 5.57. The lowest BCUT2D eigenvalue weighted by molar-refractivity contribution is -0.202. The molecule has 0 radical (unpaired) electrons. The van der Waals surface area contributed by atoms with Crippen molar-refractivity contribution in [3.63, 3.8) is 0 Å². The van der Waals surface area contributed by atoms with Gasteiger partial charge in [0.05, 0.1) is 12.7 Å². The standard InChI is InChI=1S/C42H66FN7O10S/c1-11-30(60-41(54)42(7,43)36(52)26(4)15-13-19-57-33-22-29(50(8)9)21-27(5)59-33)23-31(28(6)35(51)25(3)16-20-55-10)34(40(53)56-12-2)37(44)49-58-24-32-47-48-39(61-32)38-45-17-14-18-46-38/h14,17-18,25-31,33-34H,11-13,15-16,19-24H2,1-10H3,(H2,44,49)/t25-,26-,27-,28-,29+,30+,31+,33?,34-,42+/m1/s1. The van der Waals surface area contributed by atoms with Gasteiger partial charge in [-0.3, -0.25) is 14.4 Å². The van der Waals surface area contributed by atoms with Crippen LogP contribution < -0.4 is 5.73 Å². The van der Waals surface area contributed by atoms with Crippen LogP contribution in [0.4, 0.5) is 4.39 Å². The molecule has 342 valence electrons. The van der Waals surface area contributed by atoms with Gasteiger partial charge in [-0.25, -0.2) is 19.2 Å². The van der Waals surface area contributed by atoms with E-state index in [1.807, 2.05) is 21.0 Å². The predicted molar refractivity (Wildman–Crippen MR) is 225 cm³/mol. The normalized spacial score (nSPS) is 21.0. The van der Waals surface area contributed by atoms with Crippen molar-refractivity contribution in [2.24, 2.45) is 40.5 Å². The first-order valence-electron chi connectivity index (χ1n) is 21.1. The minimum atomic E-state index is -2.98. The van der Waals surface area contributed by atoms with Gasteiger partial charge < -0.3 is 39.2 Å². The maximum Gasteiger partial charge on any atom is 0.351 e. The topological polar surface area (TPSA) is 217 Å².